The Morgan fingerprint density at radius 2 is 1.57 bits per heavy atom. The van der Waals surface area contributed by atoms with E-state index in [2.05, 4.69) is 53.4 Å². The van der Waals surface area contributed by atoms with E-state index in [1.165, 1.54) is 0 Å². The van der Waals surface area contributed by atoms with Crippen molar-refractivity contribution in [2.45, 2.75) is 94.9 Å². The van der Waals surface area contributed by atoms with Crippen LogP contribution in [0.15, 0.2) is 0 Å². The van der Waals surface area contributed by atoms with Gasteiger partial charge in [-0.3, -0.25) is 4.79 Å². The zero-order chi connectivity index (χ0) is 23.6. The Balaban J connectivity index is 0.00000407. The monoisotopic (exact) mass is 459 g/mol. The Kier molecular flexibility index (Phi) is 13.3. The average Bonchev–Trinajstić information content (AvgIpc) is 3.05. The molecule has 2 atom stereocenters. The van der Waals surface area contributed by atoms with Gasteiger partial charge in [0, 0.05) is 36.9 Å². The quantitative estimate of drug-likeness (QED) is 0.174. The molecule has 0 saturated carbocycles. The van der Waals surface area contributed by atoms with E-state index < -0.39 is 0 Å². The van der Waals surface area contributed by atoms with E-state index in [0.29, 0.717) is 18.2 Å². The van der Waals surface area contributed by atoms with Gasteiger partial charge >= 0.3 is 0 Å². The molecule has 2 unspecified atom stereocenters. The van der Waals surface area contributed by atoms with Crippen LogP contribution in [0.25, 0.3) is 0 Å². The van der Waals surface area contributed by atoms with Crippen LogP contribution in [0.2, 0.25) is 0 Å². The van der Waals surface area contributed by atoms with Gasteiger partial charge in [-0.05, 0) is 41.4 Å². The topological polar surface area (TPSA) is 37.4 Å². The number of hydrogen-bond acceptors (Lipinski definition) is 4. The first-order valence-electron chi connectivity index (χ1n) is 11.7. The molecule has 0 aromatic heterocycles. The minimum atomic E-state index is 0.0241. The van der Waals surface area contributed by atoms with Crippen LogP contribution >= 0.6 is 21.6 Å². The van der Waals surface area contributed by atoms with E-state index >= 15 is 0 Å². The normalized spacial score (nSPS) is 18.6. The molecule has 30 heavy (non-hydrogen) atoms. The largest absolute Gasteiger partial charge is 0.342 e. The van der Waals surface area contributed by atoms with Crippen LogP contribution in [0.3, 0.4) is 0 Å². The minimum absolute atomic E-state index is 0.0241. The molecule has 1 rings (SSSR count). The van der Waals surface area contributed by atoms with Crippen LogP contribution in [0, 0.1) is 28.1 Å². The molecule has 0 radical (unpaired) electrons. The van der Waals surface area contributed by atoms with Crippen LogP contribution in [-0.2, 0) is 9.59 Å². The average molecular weight is 460 g/mol. The first-order valence-corrected chi connectivity index (χ1v) is 14.2. The van der Waals surface area contributed by atoms with Crippen molar-refractivity contribution in [2.24, 2.45) is 28.1 Å². The van der Waals surface area contributed by atoms with E-state index in [1.807, 2.05) is 42.4 Å². The van der Waals surface area contributed by atoms with Crippen LogP contribution in [0.5, 0.6) is 0 Å². The van der Waals surface area contributed by atoms with Crippen molar-refractivity contribution in [1.29, 1.82) is 0 Å². The SMILES string of the molecule is CC.CC(C=O)CC(C)(C)CSSCC(C)(C)CC(C)(C)CC(=O)N1CCC(C)C1. The summed E-state index contributed by atoms with van der Waals surface area (Å²) in [6.07, 6.45) is 4.85. The number of nitrogens with zero attached hydrogens (tertiary/aromatic N) is 1. The van der Waals surface area contributed by atoms with Gasteiger partial charge < -0.3 is 9.69 Å². The third kappa shape index (κ3) is 12.6. The van der Waals surface area contributed by atoms with Crippen molar-refractivity contribution in [3.05, 3.63) is 0 Å². The number of carbonyl (C=O) groups is 2. The van der Waals surface area contributed by atoms with Crippen molar-refractivity contribution < 1.29 is 9.59 Å². The predicted octanol–water partition coefficient (Wildman–Crippen LogP) is 7.35. The lowest BCUT2D eigenvalue weighted by molar-refractivity contribution is -0.132. The van der Waals surface area contributed by atoms with Gasteiger partial charge in [0.05, 0.1) is 0 Å². The summed E-state index contributed by atoms with van der Waals surface area (Å²) in [6.45, 7) is 23.7. The van der Waals surface area contributed by atoms with E-state index in [0.717, 1.165) is 50.1 Å². The van der Waals surface area contributed by atoms with Crippen molar-refractivity contribution in [3.63, 3.8) is 0 Å². The van der Waals surface area contributed by atoms with E-state index in [1.54, 1.807) is 0 Å². The number of hydrogen-bond donors (Lipinski definition) is 0. The summed E-state index contributed by atoms with van der Waals surface area (Å²) in [5.74, 6) is 3.25. The highest BCUT2D eigenvalue weighted by Gasteiger charge is 2.33. The Morgan fingerprint density at radius 1 is 1.03 bits per heavy atom. The molecule has 1 fully saturated rings. The maximum Gasteiger partial charge on any atom is 0.223 e. The van der Waals surface area contributed by atoms with Crippen LogP contribution in [-0.4, -0.2) is 41.7 Å². The Bertz CT molecular complexity index is 517. The molecule has 0 bridgehead atoms. The number of rotatable bonds is 12. The fourth-order valence-electron chi connectivity index (χ4n) is 4.47. The Morgan fingerprint density at radius 3 is 2.03 bits per heavy atom. The predicted molar refractivity (Wildman–Crippen MR) is 137 cm³/mol. The second-order valence-corrected chi connectivity index (χ2v) is 13.9. The Hall–Kier alpha value is -0.160. The highest BCUT2D eigenvalue weighted by molar-refractivity contribution is 8.76. The summed E-state index contributed by atoms with van der Waals surface area (Å²) in [6, 6.07) is 0. The van der Waals surface area contributed by atoms with Crippen LogP contribution in [0.1, 0.15) is 94.9 Å². The van der Waals surface area contributed by atoms with Crippen molar-refractivity contribution in [3.8, 4) is 0 Å². The zero-order valence-corrected chi connectivity index (χ0v) is 23.1. The first kappa shape index (κ1) is 29.8. The van der Waals surface area contributed by atoms with Gasteiger partial charge in [0.2, 0.25) is 5.91 Å². The summed E-state index contributed by atoms with van der Waals surface area (Å²) < 4.78 is 0. The summed E-state index contributed by atoms with van der Waals surface area (Å²) in [5, 5.41) is 0. The molecule has 0 aliphatic carbocycles. The third-order valence-corrected chi connectivity index (χ3v) is 8.63. The number of amides is 1. The number of likely N-dealkylation sites (tertiary alicyclic amines) is 1. The summed E-state index contributed by atoms with van der Waals surface area (Å²) in [4.78, 5) is 25.6. The summed E-state index contributed by atoms with van der Waals surface area (Å²) in [7, 11) is 3.87. The smallest absolute Gasteiger partial charge is 0.223 e. The van der Waals surface area contributed by atoms with Gasteiger partial charge in [0.15, 0.2) is 0 Å². The number of aldehydes is 1. The second-order valence-electron chi connectivity index (χ2n) is 11.4. The molecule has 1 aliphatic heterocycles. The molecular weight excluding hydrogens is 410 g/mol. The maximum absolute atomic E-state index is 12.7. The summed E-state index contributed by atoms with van der Waals surface area (Å²) in [5.41, 5.74) is 0.400. The zero-order valence-electron chi connectivity index (χ0n) is 21.5. The fourth-order valence-corrected chi connectivity index (χ4v) is 7.91. The molecule has 1 saturated heterocycles. The highest BCUT2D eigenvalue weighted by Crippen LogP contribution is 2.42. The van der Waals surface area contributed by atoms with E-state index in [9.17, 15) is 9.59 Å². The molecule has 1 aliphatic rings. The summed E-state index contributed by atoms with van der Waals surface area (Å²) >= 11 is 0. The lowest BCUT2D eigenvalue weighted by atomic mass is 9.74. The molecule has 178 valence electrons. The third-order valence-electron chi connectivity index (χ3n) is 5.45. The lowest BCUT2D eigenvalue weighted by Gasteiger charge is -2.35. The molecule has 5 heteroatoms. The van der Waals surface area contributed by atoms with Gasteiger partial charge in [0.1, 0.15) is 6.29 Å². The highest BCUT2D eigenvalue weighted by atomic mass is 33.1. The van der Waals surface area contributed by atoms with E-state index in [4.69, 9.17) is 0 Å². The molecule has 0 N–H and O–H groups in total. The van der Waals surface area contributed by atoms with Gasteiger partial charge in [-0.2, -0.15) is 0 Å². The molecule has 0 spiro atoms. The molecule has 3 nitrogen and oxygen atoms in total. The van der Waals surface area contributed by atoms with Crippen LogP contribution in [0.4, 0.5) is 0 Å². The van der Waals surface area contributed by atoms with Crippen LogP contribution < -0.4 is 0 Å². The first-order chi connectivity index (χ1) is 13.8. The van der Waals surface area contributed by atoms with Gasteiger partial charge in [0.25, 0.3) is 0 Å². The molecule has 1 heterocycles. The van der Waals surface area contributed by atoms with Gasteiger partial charge in [-0.1, -0.05) is 90.8 Å². The van der Waals surface area contributed by atoms with Gasteiger partial charge in [-0.25, -0.2) is 0 Å². The van der Waals surface area contributed by atoms with Crippen molar-refractivity contribution in [2.75, 3.05) is 24.6 Å². The molecule has 0 aromatic carbocycles. The molecular formula is C25H49NO2S2. The number of carbonyl (C=O) groups excluding carboxylic acids is 2. The molecule has 0 aromatic rings. The minimum Gasteiger partial charge on any atom is -0.342 e. The lowest BCUT2D eigenvalue weighted by Crippen LogP contribution is -2.34. The fraction of sp³-hybridized carbons (Fsp3) is 0.920. The standard InChI is InChI=1S/C23H43NO2S2.C2H6/c1-18-9-10-24(13-18)20(26)12-21(3,4)15-23(7,8)17-28-27-16-22(5,6)11-19(2)14-25;1-2/h14,18-19H,9-13,15-17H2,1-8H3;1-2H3. The molecule has 1 amide bonds. The van der Waals surface area contributed by atoms with Crippen molar-refractivity contribution in [1.82, 2.24) is 4.90 Å². The van der Waals surface area contributed by atoms with Gasteiger partial charge in [-0.15, -0.1) is 0 Å². The van der Waals surface area contributed by atoms with E-state index in [-0.39, 0.29) is 22.2 Å². The van der Waals surface area contributed by atoms with Crippen molar-refractivity contribution >= 4 is 33.8 Å². The second kappa shape index (κ2) is 13.4. The Labute approximate surface area is 195 Å². The maximum atomic E-state index is 12.7.